The van der Waals surface area contributed by atoms with Crippen LogP contribution in [-0.4, -0.2) is 54.0 Å². The highest BCUT2D eigenvalue weighted by molar-refractivity contribution is 7.80. The summed E-state index contributed by atoms with van der Waals surface area (Å²) in [5.74, 6) is -1.33. The molecule has 0 radical (unpaired) electrons. The van der Waals surface area contributed by atoms with Gasteiger partial charge >= 0.3 is 5.97 Å². The van der Waals surface area contributed by atoms with Gasteiger partial charge < -0.3 is 15.0 Å². The van der Waals surface area contributed by atoms with E-state index in [0.717, 1.165) is 10.1 Å². The highest BCUT2D eigenvalue weighted by atomic mass is 35.5. The van der Waals surface area contributed by atoms with Crippen molar-refractivity contribution in [3.8, 4) is 0 Å². The Morgan fingerprint density at radius 2 is 2.19 bits per heavy atom. The number of thiocarbonyl (C=S) groups is 1. The van der Waals surface area contributed by atoms with Crippen molar-refractivity contribution in [2.24, 2.45) is 0 Å². The molecule has 3 rings (SSSR count). The summed E-state index contributed by atoms with van der Waals surface area (Å²) in [7, 11) is 1.25. The number of nitrogens with one attached hydrogen (secondary N) is 2. The summed E-state index contributed by atoms with van der Waals surface area (Å²) in [6, 6.07) is 6.59. The number of piperazine rings is 1. The van der Waals surface area contributed by atoms with Crippen molar-refractivity contribution in [2.45, 2.75) is 12.5 Å². The maximum atomic E-state index is 12.7. The lowest BCUT2D eigenvalue weighted by Gasteiger charge is -2.36. The van der Waals surface area contributed by atoms with Gasteiger partial charge in [-0.05, 0) is 18.3 Å². The van der Waals surface area contributed by atoms with E-state index >= 15 is 0 Å². The second-order valence-electron chi connectivity index (χ2n) is 5.78. The maximum Gasteiger partial charge on any atom is 0.308 e. The van der Waals surface area contributed by atoms with Crippen LogP contribution < -0.4 is 10.6 Å². The van der Waals surface area contributed by atoms with Crippen LogP contribution in [0.1, 0.15) is 16.1 Å². The fourth-order valence-electron chi connectivity index (χ4n) is 2.79. The van der Waals surface area contributed by atoms with Crippen molar-refractivity contribution in [1.29, 1.82) is 0 Å². The molecule has 0 unspecified atom stereocenters. The largest absolute Gasteiger partial charge is 0.469 e. The minimum absolute atomic E-state index is 0.0669. The smallest absolute Gasteiger partial charge is 0.308 e. The summed E-state index contributed by atoms with van der Waals surface area (Å²) >= 11 is 12.9. The summed E-state index contributed by atoms with van der Waals surface area (Å²) in [6.45, 7) is 0.725. The first-order chi connectivity index (χ1) is 12.9. The van der Waals surface area contributed by atoms with E-state index < -0.39 is 17.9 Å². The van der Waals surface area contributed by atoms with Crippen molar-refractivity contribution >= 4 is 68.1 Å². The van der Waals surface area contributed by atoms with E-state index in [4.69, 9.17) is 23.8 Å². The molecular weight excluding hydrogens is 410 g/mol. The van der Waals surface area contributed by atoms with Gasteiger partial charge in [-0.15, -0.1) is 11.3 Å². The number of esters is 1. The van der Waals surface area contributed by atoms with Crippen LogP contribution in [0, 0.1) is 0 Å². The Bertz CT molecular complexity index is 930. The molecule has 2 aromatic rings. The van der Waals surface area contributed by atoms with Gasteiger partial charge in [0.2, 0.25) is 5.91 Å². The van der Waals surface area contributed by atoms with Gasteiger partial charge in [0.15, 0.2) is 5.11 Å². The minimum atomic E-state index is -0.836. The number of halogens is 1. The molecule has 2 N–H and O–H groups in total. The van der Waals surface area contributed by atoms with E-state index in [9.17, 15) is 14.4 Å². The van der Waals surface area contributed by atoms with Gasteiger partial charge in [-0.1, -0.05) is 29.8 Å². The maximum absolute atomic E-state index is 12.7. The Balaban J connectivity index is 1.77. The Kier molecular flexibility index (Phi) is 5.93. The van der Waals surface area contributed by atoms with Gasteiger partial charge in [0.25, 0.3) is 5.91 Å². The molecule has 142 valence electrons. The number of hydrogen-bond acceptors (Lipinski definition) is 6. The molecule has 1 aromatic carbocycles. The van der Waals surface area contributed by atoms with Gasteiger partial charge in [0, 0.05) is 23.2 Å². The number of benzene rings is 1. The molecule has 1 aliphatic rings. The second-order valence-corrected chi connectivity index (χ2v) is 7.60. The number of nitrogens with zero attached hydrogens (tertiary/aromatic N) is 1. The first kappa shape index (κ1) is 19.5. The van der Waals surface area contributed by atoms with E-state index in [1.54, 1.807) is 0 Å². The molecule has 2 amide bonds. The lowest BCUT2D eigenvalue weighted by Crippen LogP contribution is -2.60. The molecule has 1 atom stereocenters. The van der Waals surface area contributed by atoms with Crippen LogP contribution >= 0.6 is 35.2 Å². The lowest BCUT2D eigenvalue weighted by molar-refractivity contribution is -0.144. The molecule has 1 aliphatic heterocycles. The van der Waals surface area contributed by atoms with Crippen LogP contribution in [0.2, 0.25) is 5.02 Å². The first-order valence-corrected chi connectivity index (χ1v) is 9.66. The monoisotopic (exact) mass is 425 g/mol. The summed E-state index contributed by atoms with van der Waals surface area (Å²) < 4.78 is 5.53. The van der Waals surface area contributed by atoms with Gasteiger partial charge in [-0.2, -0.15) is 0 Å². The molecule has 0 bridgehead atoms. The zero-order chi connectivity index (χ0) is 19.6. The average molecular weight is 426 g/mol. The standard InChI is InChI=1S/C17H16ClN3O4S2/c1-25-12(22)8-10-15(23)19-6-7-21(10)17(26)20-16(24)14-13(18)9-4-2-3-5-11(9)27-14/h2-5,10H,6-8H2,1H3,(H,19,23)(H,20,24,26)/t10-/m1/s1. The molecule has 7 nitrogen and oxygen atoms in total. The first-order valence-electron chi connectivity index (χ1n) is 8.06. The zero-order valence-corrected chi connectivity index (χ0v) is 16.7. The molecule has 1 fully saturated rings. The Labute approximate surface area is 169 Å². The van der Waals surface area contributed by atoms with E-state index in [0.29, 0.717) is 23.0 Å². The molecule has 1 aromatic heterocycles. The van der Waals surface area contributed by atoms with Gasteiger partial charge in [0.1, 0.15) is 10.9 Å². The predicted molar refractivity (Wildman–Crippen MR) is 107 cm³/mol. The summed E-state index contributed by atoms with van der Waals surface area (Å²) in [4.78, 5) is 38.3. The molecule has 27 heavy (non-hydrogen) atoms. The SMILES string of the molecule is COC(=O)C[C@@H]1C(=O)NCCN1C(=S)NC(=O)c1sc2ccccc2c1Cl. The van der Waals surface area contributed by atoms with Crippen molar-refractivity contribution in [3.05, 3.63) is 34.2 Å². The summed E-state index contributed by atoms with van der Waals surface area (Å²) in [5, 5.41) is 6.52. The quantitative estimate of drug-likeness (QED) is 0.577. The molecule has 0 saturated carbocycles. The van der Waals surface area contributed by atoms with Crippen LogP contribution in [-0.2, 0) is 14.3 Å². The van der Waals surface area contributed by atoms with E-state index in [-0.39, 0.29) is 17.4 Å². The number of methoxy groups -OCH3 is 1. The van der Waals surface area contributed by atoms with Crippen molar-refractivity contribution in [3.63, 3.8) is 0 Å². The zero-order valence-electron chi connectivity index (χ0n) is 14.3. The molecule has 0 aliphatic carbocycles. The Hall–Kier alpha value is -2.23. The van der Waals surface area contributed by atoms with Crippen LogP contribution in [0.15, 0.2) is 24.3 Å². The fourth-order valence-corrected chi connectivity index (χ4v) is 4.51. The topological polar surface area (TPSA) is 87.7 Å². The van der Waals surface area contributed by atoms with Crippen molar-refractivity contribution in [1.82, 2.24) is 15.5 Å². The van der Waals surface area contributed by atoms with E-state index in [1.165, 1.54) is 23.3 Å². The van der Waals surface area contributed by atoms with Crippen LogP contribution in [0.5, 0.6) is 0 Å². The average Bonchev–Trinajstić information content (AvgIpc) is 3.00. The molecular formula is C17H16ClN3O4S2. The van der Waals surface area contributed by atoms with E-state index in [1.807, 2.05) is 24.3 Å². The number of carbonyl (C=O) groups is 3. The number of rotatable bonds is 3. The Morgan fingerprint density at radius 1 is 1.44 bits per heavy atom. The third-order valence-electron chi connectivity index (χ3n) is 4.14. The number of fused-ring (bicyclic) bond motifs is 1. The van der Waals surface area contributed by atoms with Crippen LogP contribution in [0.3, 0.4) is 0 Å². The summed E-state index contributed by atoms with van der Waals surface area (Å²) in [5.41, 5.74) is 0. The molecule has 0 spiro atoms. The third kappa shape index (κ3) is 4.05. The normalized spacial score (nSPS) is 16.7. The van der Waals surface area contributed by atoms with Crippen molar-refractivity contribution < 1.29 is 19.1 Å². The number of amides is 2. The van der Waals surface area contributed by atoms with Crippen LogP contribution in [0.4, 0.5) is 0 Å². The third-order valence-corrected chi connectivity index (χ3v) is 6.15. The van der Waals surface area contributed by atoms with E-state index in [2.05, 4.69) is 15.4 Å². The van der Waals surface area contributed by atoms with Crippen LogP contribution in [0.25, 0.3) is 10.1 Å². The Morgan fingerprint density at radius 3 is 2.89 bits per heavy atom. The highest BCUT2D eigenvalue weighted by Crippen LogP contribution is 2.35. The molecule has 2 heterocycles. The fraction of sp³-hybridized carbons (Fsp3) is 0.294. The molecule has 1 saturated heterocycles. The number of ether oxygens (including phenoxy) is 1. The van der Waals surface area contributed by atoms with Gasteiger partial charge in [-0.25, -0.2) is 0 Å². The lowest BCUT2D eigenvalue weighted by atomic mass is 10.1. The van der Waals surface area contributed by atoms with Crippen molar-refractivity contribution in [2.75, 3.05) is 20.2 Å². The van der Waals surface area contributed by atoms with Gasteiger partial charge in [0.05, 0.1) is 18.6 Å². The van der Waals surface area contributed by atoms with Gasteiger partial charge in [-0.3, -0.25) is 19.7 Å². The molecule has 10 heteroatoms. The minimum Gasteiger partial charge on any atom is -0.469 e. The second kappa shape index (κ2) is 8.20. The summed E-state index contributed by atoms with van der Waals surface area (Å²) in [6.07, 6.45) is -0.165. The highest BCUT2D eigenvalue weighted by Gasteiger charge is 2.34. The number of carbonyl (C=O) groups excluding carboxylic acids is 3. The predicted octanol–water partition coefficient (Wildman–Crippen LogP) is 1.93. The number of thiophene rings is 1. The number of hydrogen-bond donors (Lipinski definition) is 2.